The van der Waals surface area contributed by atoms with E-state index >= 15 is 0 Å². The van der Waals surface area contributed by atoms with E-state index in [2.05, 4.69) is 4.98 Å². The lowest BCUT2D eigenvalue weighted by molar-refractivity contribution is 0.0467. The van der Waals surface area contributed by atoms with Crippen LogP contribution in [-0.4, -0.2) is 37.8 Å². The molecule has 0 saturated heterocycles. The van der Waals surface area contributed by atoms with E-state index < -0.39 is 16.0 Å². The fourth-order valence-corrected chi connectivity index (χ4v) is 2.86. The van der Waals surface area contributed by atoms with Crippen LogP contribution in [0.15, 0.2) is 47.5 Å². The molecule has 0 bridgehead atoms. The second-order valence-corrected chi connectivity index (χ2v) is 7.39. The van der Waals surface area contributed by atoms with Crippen LogP contribution < -0.4 is 0 Å². The predicted molar refractivity (Wildman–Crippen MR) is 85.7 cm³/mol. The molecule has 0 saturated carbocycles. The number of halogens is 1. The van der Waals surface area contributed by atoms with Crippen molar-refractivity contribution in [2.75, 3.05) is 14.1 Å². The van der Waals surface area contributed by atoms with Crippen molar-refractivity contribution in [3.63, 3.8) is 0 Å². The first-order chi connectivity index (χ1) is 10.8. The molecule has 8 heteroatoms. The minimum Gasteiger partial charge on any atom is -0.456 e. The molecule has 0 N–H and O–H groups in total. The molecule has 0 unspecified atom stereocenters. The fraction of sp³-hybridized carbons (Fsp3) is 0.200. The Kier molecular flexibility index (Phi) is 5.35. The van der Waals surface area contributed by atoms with E-state index in [-0.39, 0.29) is 22.1 Å². The first kappa shape index (κ1) is 17.4. The number of carbonyl (C=O) groups excluding carboxylic acids is 1. The van der Waals surface area contributed by atoms with E-state index in [0.717, 1.165) is 4.31 Å². The van der Waals surface area contributed by atoms with Crippen molar-refractivity contribution in [3.05, 3.63) is 58.9 Å². The van der Waals surface area contributed by atoms with E-state index in [4.69, 9.17) is 16.3 Å². The quantitative estimate of drug-likeness (QED) is 0.770. The average molecular weight is 355 g/mol. The first-order valence-electron chi connectivity index (χ1n) is 6.61. The summed E-state index contributed by atoms with van der Waals surface area (Å²) in [5.41, 5.74) is 0.569. The van der Waals surface area contributed by atoms with E-state index in [1.54, 1.807) is 24.4 Å². The summed E-state index contributed by atoms with van der Waals surface area (Å²) in [6.45, 7) is -0.0271. The van der Waals surface area contributed by atoms with Gasteiger partial charge in [-0.15, -0.1) is 0 Å². The average Bonchev–Trinajstić information content (AvgIpc) is 2.53. The van der Waals surface area contributed by atoms with E-state index in [9.17, 15) is 13.2 Å². The van der Waals surface area contributed by atoms with E-state index in [0.29, 0.717) is 5.69 Å². The molecule has 2 aromatic rings. The monoisotopic (exact) mass is 354 g/mol. The second-order valence-electron chi connectivity index (χ2n) is 4.83. The number of benzene rings is 1. The summed E-state index contributed by atoms with van der Waals surface area (Å²) in [6.07, 6.45) is 1.58. The number of hydrogen-bond acceptors (Lipinski definition) is 5. The third-order valence-corrected chi connectivity index (χ3v) is 5.15. The summed E-state index contributed by atoms with van der Waals surface area (Å²) in [4.78, 5) is 16.1. The topological polar surface area (TPSA) is 76.6 Å². The molecule has 0 atom stereocenters. The Balaban J connectivity index is 2.23. The molecule has 0 aliphatic rings. The third kappa shape index (κ3) is 4.07. The second kappa shape index (κ2) is 7.08. The van der Waals surface area contributed by atoms with Crippen LogP contribution in [0.1, 0.15) is 16.1 Å². The van der Waals surface area contributed by atoms with Gasteiger partial charge in [-0.05, 0) is 30.3 Å². The zero-order valence-electron chi connectivity index (χ0n) is 12.6. The largest absolute Gasteiger partial charge is 0.456 e. The van der Waals surface area contributed by atoms with Crippen LogP contribution in [0.5, 0.6) is 0 Å². The number of sulfonamides is 1. The van der Waals surface area contributed by atoms with Crippen LogP contribution >= 0.6 is 11.6 Å². The van der Waals surface area contributed by atoms with E-state index in [1.165, 1.54) is 32.3 Å². The minimum atomic E-state index is -3.66. The summed E-state index contributed by atoms with van der Waals surface area (Å²) < 4.78 is 30.4. The summed E-state index contributed by atoms with van der Waals surface area (Å²) in [6, 6.07) is 9.13. The Labute approximate surface area is 139 Å². The van der Waals surface area contributed by atoms with Gasteiger partial charge in [0.05, 0.1) is 21.2 Å². The Morgan fingerprint density at radius 2 is 2.00 bits per heavy atom. The number of rotatable bonds is 5. The molecule has 0 amide bonds. The lowest BCUT2D eigenvalue weighted by Crippen LogP contribution is -2.22. The van der Waals surface area contributed by atoms with Gasteiger partial charge < -0.3 is 4.74 Å². The van der Waals surface area contributed by atoms with Crippen LogP contribution in [-0.2, 0) is 21.4 Å². The van der Waals surface area contributed by atoms with Crippen LogP contribution in [0, 0.1) is 0 Å². The van der Waals surface area contributed by atoms with Gasteiger partial charge in [-0.1, -0.05) is 17.7 Å². The first-order valence-corrected chi connectivity index (χ1v) is 8.43. The highest BCUT2D eigenvalue weighted by Crippen LogP contribution is 2.23. The maximum atomic E-state index is 12.1. The molecule has 6 nitrogen and oxygen atoms in total. The maximum absolute atomic E-state index is 12.1. The Bertz CT molecular complexity index is 807. The fourth-order valence-electron chi connectivity index (χ4n) is 1.73. The van der Waals surface area contributed by atoms with Crippen molar-refractivity contribution in [2.24, 2.45) is 0 Å². The number of esters is 1. The highest BCUT2D eigenvalue weighted by molar-refractivity contribution is 7.89. The maximum Gasteiger partial charge on any atom is 0.340 e. The van der Waals surface area contributed by atoms with Crippen LogP contribution in [0.3, 0.4) is 0 Å². The molecule has 0 spiro atoms. The smallest absolute Gasteiger partial charge is 0.340 e. The molecule has 1 aromatic heterocycles. The molecule has 122 valence electrons. The van der Waals surface area contributed by atoms with Gasteiger partial charge in [-0.25, -0.2) is 17.5 Å². The number of hydrogen-bond donors (Lipinski definition) is 0. The molecule has 0 aliphatic carbocycles. The number of nitrogens with zero attached hydrogens (tertiary/aromatic N) is 2. The summed E-state index contributed by atoms with van der Waals surface area (Å²) in [5, 5.41) is 0.119. The molecule has 1 heterocycles. The van der Waals surface area contributed by atoms with Gasteiger partial charge in [-0.3, -0.25) is 4.98 Å². The minimum absolute atomic E-state index is 0.00878. The predicted octanol–water partition coefficient (Wildman–Crippen LogP) is 2.34. The van der Waals surface area contributed by atoms with Gasteiger partial charge in [0, 0.05) is 20.3 Å². The van der Waals surface area contributed by atoms with Gasteiger partial charge >= 0.3 is 5.97 Å². The molecular weight excluding hydrogens is 340 g/mol. The van der Waals surface area contributed by atoms with Gasteiger partial charge in [0.1, 0.15) is 6.61 Å². The highest BCUT2D eigenvalue weighted by atomic mass is 35.5. The Hall–Kier alpha value is -1.96. The van der Waals surface area contributed by atoms with Gasteiger partial charge in [-0.2, -0.15) is 0 Å². The van der Waals surface area contributed by atoms with Crippen molar-refractivity contribution >= 4 is 27.6 Å². The van der Waals surface area contributed by atoms with Crippen LogP contribution in [0.4, 0.5) is 0 Å². The van der Waals surface area contributed by atoms with Crippen molar-refractivity contribution in [2.45, 2.75) is 11.5 Å². The normalized spacial score (nSPS) is 11.5. The molecular formula is C15H15ClN2O4S. The van der Waals surface area contributed by atoms with Crippen molar-refractivity contribution in [3.8, 4) is 0 Å². The van der Waals surface area contributed by atoms with E-state index in [1.807, 2.05) is 0 Å². The molecule has 0 radical (unpaired) electrons. The summed E-state index contributed by atoms with van der Waals surface area (Å²) in [5.74, 6) is -0.712. The summed E-state index contributed by atoms with van der Waals surface area (Å²) in [7, 11) is -0.851. The van der Waals surface area contributed by atoms with Gasteiger partial charge in [0.2, 0.25) is 10.0 Å². The number of ether oxygens (including phenoxy) is 1. The molecule has 0 aliphatic heterocycles. The van der Waals surface area contributed by atoms with Crippen molar-refractivity contribution in [1.82, 2.24) is 9.29 Å². The van der Waals surface area contributed by atoms with Crippen molar-refractivity contribution in [1.29, 1.82) is 0 Å². The number of carbonyl (C=O) groups is 1. The standard InChI is InChI=1S/C15H15ClN2O4S/c1-18(2)23(20,21)12-6-7-14(16)13(9-12)15(19)22-10-11-5-3-4-8-17-11/h3-9H,10H2,1-2H3. The molecule has 2 rings (SSSR count). The lowest BCUT2D eigenvalue weighted by Gasteiger charge is -2.13. The third-order valence-electron chi connectivity index (χ3n) is 3.01. The van der Waals surface area contributed by atoms with Gasteiger partial charge in [0.15, 0.2) is 0 Å². The SMILES string of the molecule is CN(C)S(=O)(=O)c1ccc(Cl)c(C(=O)OCc2ccccn2)c1. The molecule has 23 heavy (non-hydrogen) atoms. The highest BCUT2D eigenvalue weighted by Gasteiger charge is 2.21. The van der Waals surface area contributed by atoms with Crippen LogP contribution in [0.25, 0.3) is 0 Å². The molecule has 0 fully saturated rings. The zero-order chi connectivity index (χ0) is 17.0. The number of aromatic nitrogens is 1. The summed E-state index contributed by atoms with van der Waals surface area (Å²) >= 11 is 5.98. The zero-order valence-corrected chi connectivity index (χ0v) is 14.1. The Morgan fingerprint density at radius 3 is 2.61 bits per heavy atom. The lowest BCUT2D eigenvalue weighted by atomic mass is 10.2. The molecule has 1 aromatic carbocycles. The van der Waals surface area contributed by atoms with Crippen LogP contribution in [0.2, 0.25) is 5.02 Å². The van der Waals surface area contributed by atoms with Crippen molar-refractivity contribution < 1.29 is 17.9 Å². The number of pyridine rings is 1. The van der Waals surface area contributed by atoms with Gasteiger partial charge in [0.25, 0.3) is 0 Å². The Morgan fingerprint density at radius 1 is 1.26 bits per heavy atom.